The van der Waals surface area contributed by atoms with Gasteiger partial charge in [-0.25, -0.2) is 4.39 Å². The molecule has 0 radical (unpaired) electrons. The second-order valence-electron chi connectivity index (χ2n) is 5.86. The Bertz CT molecular complexity index is 798. The van der Waals surface area contributed by atoms with Crippen LogP contribution in [0.25, 0.3) is 0 Å². The fourth-order valence-corrected chi connectivity index (χ4v) is 3.00. The number of benzene rings is 2. The molecule has 2 aromatic carbocycles. The molecule has 26 heavy (non-hydrogen) atoms. The summed E-state index contributed by atoms with van der Waals surface area (Å²) in [5, 5.41) is 7.15. The monoisotopic (exact) mass is 377 g/mol. The summed E-state index contributed by atoms with van der Waals surface area (Å²) >= 11 is 6.16. The Morgan fingerprint density at radius 2 is 2.08 bits per heavy atom. The van der Waals surface area contributed by atoms with Gasteiger partial charge in [0.1, 0.15) is 11.6 Å². The van der Waals surface area contributed by atoms with E-state index in [2.05, 4.69) is 15.6 Å². The number of nitrogens with zero attached hydrogens (tertiary/aromatic N) is 1. The van der Waals surface area contributed by atoms with Crippen LogP contribution < -0.4 is 15.4 Å². The predicted octanol–water partition coefficient (Wildman–Crippen LogP) is 3.25. The fourth-order valence-electron chi connectivity index (χ4n) is 2.80. The van der Waals surface area contributed by atoms with Gasteiger partial charge in [-0.15, -0.1) is 0 Å². The summed E-state index contributed by atoms with van der Waals surface area (Å²) in [6.45, 7) is 1.71. The van der Waals surface area contributed by atoms with Crippen molar-refractivity contribution in [3.8, 4) is 5.75 Å². The van der Waals surface area contributed by atoms with Gasteiger partial charge >= 0.3 is 0 Å². The molecule has 1 aliphatic heterocycles. The molecule has 138 valence electrons. The quantitative estimate of drug-likeness (QED) is 0.620. The van der Waals surface area contributed by atoms with E-state index >= 15 is 0 Å². The Morgan fingerprint density at radius 1 is 1.23 bits per heavy atom. The first-order chi connectivity index (χ1) is 12.7. The minimum Gasteiger partial charge on any atom is -0.467 e. The van der Waals surface area contributed by atoms with E-state index in [4.69, 9.17) is 21.1 Å². The van der Waals surface area contributed by atoms with Crippen LogP contribution in [-0.4, -0.2) is 26.3 Å². The number of rotatable bonds is 5. The van der Waals surface area contributed by atoms with E-state index in [-0.39, 0.29) is 12.6 Å². The van der Waals surface area contributed by atoms with E-state index in [0.717, 1.165) is 22.4 Å². The summed E-state index contributed by atoms with van der Waals surface area (Å²) in [5.41, 5.74) is 2.55. The predicted molar refractivity (Wildman–Crippen MR) is 100 cm³/mol. The van der Waals surface area contributed by atoms with Crippen LogP contribution in [0.1, 0.15) is 16.7 Å². The number of aliphatic imine (C=N–C) groups is 1. The zero-order chi connectivity index (χ0) is 18.4. The molecule has 0 bridgehead atoms. The van der Waals surface area contributed by atoms with Gasteiger partial charge in [-0.05, 0) is 35.7 Å². The molecule has 0 atom stereocenters. The normalized spacial score (nSPS) is 13.7. The Balaban J connectivity index is 1.55. The molecule has 0 saturated heterocycles. The first-order valence-corrected chi connectivity index (χ1v) is 8.75. The standard InChI is InChI=1S/C19H21ClFN3O2/c1-22-19(24-10-14-4-2-3-5-17(14)20)23-7-6-13-8-16(21)9-15-11-25-12-26-18(13)15/h2-5,8-9H,6-7,10-12H2,1H3,(H2,22,23,24). The summed E-state index contributed by atoms with van der Waals surface area (Å²) in [6.07, 6.45) is 0.604. The summed E-state index contributed by atoms with van der Waals surface area (Å²) in [4.78, 5) is 4.20. The highest BCUT2D eigenvalue weighted by molar-refractivity contribution is 6.31. The fraction of sp³-hybridized carbons (Fsp3) is 0.316. The first-order valence-electron chi connectivity index (χ1n) is 8.37. The van der Waals surface area contributed by atoms with Crippen LogP contribution in [0.3, 0.4) is 0 Å². The molecule has 0 unspecified atom stereocenters. The summed E-state index contributed by atoms with van der Waals surface area (Å²) in [7, 11) is 1.70. The van der Waals surface area contributed by atoms with Crippen molar-refractivity contribution in [2.24, 2.45) is 4.99 Å². The third kappa shape index (κ3) is 4.65. The second kappa shape index (κ2) is 8.87. The van der Waals surface area contributed by atoms with Gasteiger partial charge in [-0.3, -0.25) is 4.99 Å². The molecular weight excluding hydrogens is 357 g/mol. The molecule has 2 aromatic rings. The molecule has 1 heterocycles. The molecule has 0 spiro atoms. The molecule has 1 aliphatic rings. The highest BCUT2D eigenvalue weighted by atomic mass is 35.5. The topological polar surface area (TPSA) is 54.9 Å². The molecule has 0 amide bonds. The van der Waals surface area contributed by atoms with Gasteiger partial charge in [0.2, 0.25) is 0 Å². The summed E-state index contributed by atoms with van der Waals surface area (Å²) in [6, 6.07) is 10.6. The molecule has 7 heteroatoms. The van der Waals surface area contributed by atoms with Crippen LogP contribution in [-0.2, 0) is 24.3 Å². The zero-order valence-corrected chi connectivity index (χ0v) is 15.3. The van der Waals surface area contributed by atoms with Gasteiger partial charge < -0.3 is 20.1 Å². The average Bonchev–Trinajstić information content (AvgIpc) is 2.65. The van der Waals surface area contributed by atoms with Crippen LogP contribution in [0.4, 0.5) is 4.39 Å². The number of hydrogen-bond acceptors (Lipinski definition) is 3. The maximum absolute atomic E-state index is 13.8. The van der Waals surface area contributed by atoms with Gasteiger partial charge in [0.15, 0.2) is 12.8 Å². The first kappa shape index (κ1) is 18.5. The molecule has 0 aromatic heterocycles. The van der Waals surface area contributed by atoms with Crippen molar-refractivity contribution in [3.63, 3.8) is 0 Å². The van der Waals surface area contributed by atoms with Gasteiger partial charge in [0.25, 0.3) is 0 Å². The Morgan fingerprint density at radius 3 is 2.88 bits per heavy atom. The highest BCUT2D eigenvalue weighted by Gasteiger charge is 2.16. The number of nitrogens with one attached hydrogen (secondary N) is 2. The van der Waals surface area contributed by atoms with Crippen molar-refractivity contribution in [2.75, 3.05) is 20.4 Å². The van der Waals surface area contributed by atoms with E-state index in [1.165, 1.54) is 12.1 Å². The summed E-state index contributed by atoms with van der Waals surface area (Å²) in [5.74, 6) is 1.09. The lowest BCUT2D eigenvalue weighted by Gasteiger charge is -2.21. The highest BCUT2D eigenvalue weighted by Crippen LogP contribution is 2.29. The van der Waals surface area contributed by atoms with Crippen molar-refractivity contribution in [1.82, 2.24) is 10.6 Å². The van der Waals surface area contributed by atoms with Gasteiger partial charge in [0.05, 0.1) is 6.61 Å². The van der Waals surface area contributed by atoms with Gasteiger partial charge in [-0.2, -0.15) is 0 Å². The molecular formula is C19H21ClFN3O2. The average molecular weight is 378 g/mol. The lowest BCUT2D eigenvalue weighted by molar-refractivity contribution is -0.0172. The largest absolute Gasteiger partial charge is 0.467 e. The number of halogens is 2. The smallest absolute Gasteiger partial charge is 0.191 e. The molecule has 5 nitrogen and oxygen atoms in total. The van der Waals surface area contributed by atoms with Crippen molar-refractivity contribution in [1.29, 1.82) is 0 Å². The SMILES string of the molecule is CN=C(NCCc1cc(F)cc2c1OCOC2)NCc1ccccc1Cl. The molecule has 0 saturated carbocycles. The van der Waals surface area contributed by atoms with E-state index in [9.17, 15) is 4.39 Å². The van der Waals surface area contributed by atoms with E-state index in [1.54, 1.807) is 7.05 Å². The minimum absolute atomic E-state index is 0.195. The van der Waals surface area contributed by atoms with Crippen molar-refractivity contribution in [2.45, 2.75) is 19.6 Å². The lowest BCUT2D eigenvalue weighted by atomic mass is 10.1. The van der Waals surface area contributed by atoms with E-state index in [0.29, 0.717) is 37.1 Å². The third-order valence-corrected chi connectivity index (χ3v) is 4.43. The maximum Gasteiger partial charge on any atom is 0.191 e. The Hall–Kier alpha value is -2.31. The number of fused-ring (bicyclic) bond motifs is 1. The lowest BCUT2D eigenvalue weighted by Crippen LogP contribution is -2.38. The van der Waals surface area contributed by atoms with Crippen LogP contribution in [0.15, 0.2) is 41.4 Å². The minimum atomic E-state index is -0.283. The maximum atomic E-state index is 13.8. The van der Waals surface area contributed by atoms with Crippen molar-refractivity contribution in [3.05, 3.63) is 63.9 Å². The van der Waals surface area contributed by atoms with Crippen LogP contribution in [0.2, 0.25) is 5.02 Å². The Kier molecular flexibility index (Phi) is 6.30. The molecule has 0 aliphatic carbocycles. The van der Waals surface area contributed by atoms with Crippen molar-refractivity contribution < 1.29 is 13.9 Å². The summed E-state index contributed by atoms with van der Waals surface area (Å²) < 4.78 is 24.5. The zero-order valence-electron chi connectivity index (χ0n) is 14.5. The Labute approximate surface area is 157 Å². The van der Waals surface area contributed by atoms with Crippen LogP contribution >= 0.6 is 11.6 Å². The van der Waals surface area contributed by atoms with Gasteiger partial charge in [0, 0.05) is 30.7 Å². The number of hydrogen-bond donors (Lipinski definition) is 2. The van der Waals surface area contributed by atoms with E-state index < -0.39 is 0 Å². The van der Waals surface area contributed by atoms with Crippen LogP contribution in [0, 0.1) is 5.82 Å². The molecule has 0 fully saturated rings. The molecule has 2 N–H and O–H groups in total. The molecule has 3 rings (SSSR count). The number of guanidine groups is 1. The number of ether oxygens (including phenoxy) is 2. The van der Waals surface area contributed by atoms with Gasteiger partial charge in [-0.1, -0.05) is 29.8 Å². The van der Waals surface area contributed by atoms with Crippen LogP contribution in [0.5, 0.6) is 5.75 Å². The second-order valence-corrected chi connectivity index (χ2v) is 6.26. The van der Waals surface area contributed by atoms with E-state index in [1.807, 2.05) is 24.3 Å². The van der Waals surface area contributed by atoms with Crippen molar-refractivity contribution >= 4 is 17.6 Å². The third-order valence-electron chi connectivity index (χ3n) is 4.07.